The minimum absolute atomic E-state index is 0.170. The third-order valence-electron chi connectivity index (χ3n) is 2.77. The second kappa shape index (κ2) is 6.31. The molecule has 9 heteroatoms. The van der Waals surface area contributed by atoms with Crippen LogP contribution >= 0.6 is 0 Å². The highest BCUT2D eigenvalue weighted by molar-refractivity contribution is 7.87. The number of hydrogen-bond acceptors (Lipinski definition) is 7. The van der Waals surface area contributed by atoms with Crippen LogP contribution in [0.5, 0.6) is 0 Å². The molecule has 0 bridgehead atoms. The molecule has 2 atom stereocenters. The van der Waals surface area contributed by atoms with Gasteiger partial charge in [-0.1, -0.05) is 11.6 Å². The van der Waals surface area contributed by atoms with E-state index in [1.54, 1.807) is 19.9 Å². The molecule has 0 amide bonds. The predicted molar refractivity (Wildman–Crippen MR) is 67.1 cm³/mol. The standard InChI is InChI=1S/C10H20O7S2/c1-8(2)5-4-6-10(3,19(15,16)17)7-9(11)18(12,13)14/h5,9,11H,4,6-7H2,1-3H3,(H,12,13,14)(H,15,16,17)/p-2. The molecule has 0 aliphatic heterocycles. The summed E-state index contributed by atoms with van der Waals surface area (Å²) in [6.45, 7) is 4.59. The number of hydrogen-bond donors (Lipinski definition) is 1. The van der Waals surface area contributed by atoms with Gasteiger partial charge in [0.15, 0.2) is 0 Å². The van der Waals surface area contributed by atoms with E-state index in [1.165, 1.54) is 0 Å². The van der Waals surface area contributed by atoms with E-state index in [-0.39, 0.29) is 12.8 Å². The molecule has 0 saturated carbocycles. The van der Waals surface area contributed by atoms with E-state index >= 15 is 0 Å². The van der Waals surface area contributed by atoms with Crippen LogP contribution in [0, 0.1) is 0 Å². The molecule has 0 spiro atoms. The summed E-state index contributed by atoms with van der Waals surface area (Å²) >= 11 is 0. The largest absolute Gasteiger partial charge is 0.748 e. The van der Waals surface area contributed by atoms with E-state index in [2.05, 4.69) is 0 Å². The molecule has 0 aromatic heterocycles. The molecular weight excluding hydrogens is 296 g/mol. The Morgan fingerprint density at radius 2 is 1.74 bits per heavy atom. The van der Waals surface area contributed by atoms with Crippen LogP contribution in [-0.4, -0.2) is 41.2 Å². The molecule has 114 valence electrons. The highest BCUT2D eigenvalue weighted by Gasteiger charge is 2.35. The minimum atomic E-state index is -5.05. The summed E-state index contributed by atoms with van der Waals surface area (Å²) in [7, 11) is -9.91. The Kier molecular flexibility index (Phi) is 6.15. The fraction of sp³-hybridized carbons (Fsp3) is 0.800. The number of aliphatic hydroxyl groups is 1. The SMILES string of the molecule is CC(C)=CCCC(C)(CC(O)S(=O)(=O)[O-])S(=O)(=O)[O-]. The Morgan fingerprint density at radius 3 is 2.05 bits per heavy atom. The first kappa shape index (κ1) is 18.5. The van der Waals surface area contributed by atoms with Gasteiger partial charge in [0, 0.05) is 6.42 Å². The fourth-order valence-electron chi connectivity index (χ4n) is 1.47. The van der Waals surface area contributed by atoms with Gasteiger partial charge in [-0.3, -0.25) is 0 Å². The van der Waals surface area contributed by atoms with Crippen molar-refractivity contribution in [3.63, 3.8) is 0 Å². The van der Waals surface area contributed by atoms with Crippen LogP contribution in [0.2, 0.25) is 0 Å². The molecule has 0 aliphatic rings. The van der Waals surface area contributed by atoms with Crippen molar-refractivity contribution in [2.24, 2.45) is 0 Å². The average molecular weight is 314 g/mol. The van der Waals surface area contributed by atoms with Crippen molar-refractivity contribution in [2.75, 3.05) is 0 Å². The van der Waals surface area contributed by atoms with Crippen LogP contribution in [0.4, 0.5) is 0 Å². The van der Waals surface area contributed by atoms with Gasteiger partial charge in [-0.05, 0) is 33.6 Å². The topological polar surface area (TPSA) is 135 Å². The zero-order valence-corrected chi connectivity index (χ0v) is 12.6. The Hall–Kier alpha value is -0.480. The van der Waals surface area contributed by atoms with E-state index in [0.717, 1.165) is 12.5 Å². The number of rotatable bonds is 7. The first-order chi connectivity index (χ1) is 8.29. The van der Waals surface area contributed by atoms with Crippen LogP contribution in [0.1, 0.15) is 40.0 Å². The van der Waals surface area contributed by atoms with Gasteiger partial charge >= 0.3 is 0 Å². The Balaban J connectivity index is 5.17. The molecule has 0 radical (unpaired) electrons. The van der Waals surface area contributed by atoms with E-state index in [4.69, 9.17) is 0 Å². The summed E-state index contributed by atoms with van der Waals surface area (Å²) in [4.78, 5) is 0. The van der Waals surface area contributed by atoms with E-state index in [1.807, 2.05) is 0 Å². The van der Waals surface area contributed by atoms with Gasteiger partial charge in [0.05, 0.1) is 4.75 Å². The summed E-state index contributed by atoms with van der Waals surface area (Å²) in [5, 5.41) is 9.17. The summed E-state index contributed by atoms with van der Waals surface area (Å²) < 4.78 is 63.4. The summed E-state index contributed by atoms with van der Waals surface area (Å²) in [5.41, 5.74) is -1.50. The molecule has 0 rings (SSSR count). The molecule has 0 aromatic rings. The maximum Gasteiger partial charge on any atom is 0.145 e. The van der Waals surface area contributed by atoms with Crippen molar-refractivity contribution in [3.05, 3.63) is 11.6 Å². The second-order valence-electron chi connectivity index (χ2n) is 4.88. The third kappa shape index (κ3) is 6.00. The molecule has 0 fully saturated rings. The van der Waals surface area contributed by atoms with Crippen molar-refractivity contribution in [1.29, 1.82) is 0 Å². The van der Waals surface area contributed by atoms with Gasteiger partial charge in [-0.2, -0.15) is 0 Å². The van der Waals surface area contributed by atoms with Gasteiger partial charge in [0.1, 0.15) is 25.7 Å². The minimum Gasteiger partial charge on any atom is -0.748 e. The van der Waals surface area contributed by atoms with E-state index in [9.17, 15) is 31.0 Å². The van der Waals surface area contributed by atoms with Gasteiger partial charge < -0.3 is 14.2 Å². The Bertz CT molecular complexity index is 528. The lowest BCUT2D eigenvalue weighted by Crippen LogP contribution is -2.40. The normalized spacial score (nSPS) is 17.6. The first-order valence-electron chi connectivity index (χ1n) is 5.51. The zero-order chi connectivity index (χ0) is 15.5. The highest BCUT2D eigenvalue weighted by atomic mass is 32.2. The molecule has 19 heavy (non-hydrogen) atoms. The lowest BCUT2D eigenvalue weighted by molar-refractivity contribution is 0.200. The maximum absolute atomic E-state index is 11.2. The van der Waals surface area contributed by atoms with Crippen molar-refractivity contribution in [3.8, 4) is 0 Å². The number of aliphatic hydroxyl groups excluding tert-OH is 1. The highest BCUT2D eigenvalue weighted by Crippen LogP contribution is 2.29. The Labute approximate surface area is 113 Å². The molecule has 1 N–H and O–H groups in total. The van der Waals surface area contributed by atoms with Crippen LogP contribution in [0.15, 0.2) is 11.6 Å². The zero-order valence-electron chi connectivity index (χ0n) is 11.0. The molecule has 0 aromatic carbocycles. The Morgan fingerprint density at radius 1 is 1.26 bits per heavy atom. The summed E-state index contributed by atoms with van der Waals surface area (Å²) in [5.74, 6) is 0. The predicted octanol–water partition coefficient (Wildman–Crippen LogP) is 0.290. The summed E-state index contributed by atoms with van der Waals surface area (Å²) in [6, 6.07) is 0. The second-order valence-corrected chi connectivity index (χ2v) is 8.30. The van der Waals surface area contributed by atoms with Crippen LogP contribution in [0.25, 0.3) is 0 Å². The van der Waals surface area contributed by atoms with E-state index in [0.29, 0.717) is 0 Å². The molecule has 0 saturated heterocycles. The van der Waals surface area contributed by atoms with E-state index < -0.39 is 36.8 Å². The van der Waals surface area contributed by atoms with Crippen molar-refractivity contribution in [1.82, 2.24) is 0 Å². The maximum atomic E-state index is 11.2. The van der Waals surface area contributed by atoms with Crippen molar-refractivity contribution < 1.29 is 31.0 Å². The van der Waals surface area contributed by atoms with Crippen LogP contribution < -0.4 is 0 Å². The lowest BCUT2D eigenvalue weighted by atomic mass is 10.00. The molecule has 2 unspecified atom stereocenters. The van der Waals surface area contributed by atoms with Gasteiger partial charge in [-0.25, -0.2) is 16.8 Å². The van der Waals surface area contributed by atoms with Crippen molar-refractivity contribution in [2.45, 2.75) is 50.2 Å². The fourth-order valence-corrected chi connectivity index (χ4v) is 2.87. The van der Waals surface area contributed by atoms with Crippen molar-refractivity contribution >= 4 is 20.2 Å². The molecular formula is C10H18O7S2-2. The smallest absolute Gasteiger partial charge is 0.145 e. The van der Waals surface area contributed by atoms with Gasteiger partial charge in [-0.15, -0.1) is 0 Å². The van der Waals surface area contributed by atoms with Crippen LogP contribution in [-0.2, 0) is 20.2 Å². The first-order valence-corrected chi connectivity index (χ1v) is 8.39. The quantitative estimate of drug-likeness (QED) is 0.527. The lowest BCUT2D eigenvalue weighted by Gasteiger charge is -2.34. The molecule has 0 aliphatic carbocycles. The number of allylic oxidation sites excluding steroid dienone is 2. The average Bonchev–Trinajstić information content (AvgIpc) is 2.13. The molecule has 0 heterocycles. The molecule has 7 nitrogen and oxygen atoms in total. The van der Waals surface area contributed by atoms with Crippen LogP contribution in [0.3, 0.4) is 0 Å². The summed E-state index contributed by atoms with van der Waals surface area (Å²) in [6.07, 6.45) is 0.811. The van der Waals surface area contributed by atoms with Gasteiger partial charge in [0.25, 0.3) is 0 Å². The van der Waals surface area contributed by atoms with Gasteiger partial charge in [0.2, 0.25) is 0 Å². The third-order valence-corrected chi connectivity index (χ3v) is 5.18. The monoisotopic (exact) mass is 314 g/mol.